The van der Waals surface area contributed by atoms with Crippen LogP contribution in [0.25, 0.3) is 0 Å². The molecule has 1 aromatic carbocycles. The number of likely N-dealkylation sites (tertiary alicyclic amines) is 1. The van der Waals surface area contributed by atoms with Crippen LogP contribution in [0.2, 0.25) is 0 Å². The maximum Gasteiger partial charge on any atom is 0.321 e. The van der Waals surface area contributed by atoms with Crippen molar-refractivity contribution in [2.75, 3.05) is 33.2 Å². The van der Waals surface area contributed by atoms with E-state index in [1.165, 1.54) is 12.6 Å². The van der Waals surface area contributed by atoms with Gasteiger partial charge in [-0.25, -0.2) is 4.79 Å². The summed E-state index contributed by atoms with van der Waals surface area (Å²) < 4.78 is 0. The van der Waals surface area contributed by atoms with Gasteiger partial charge in [0.2, 0.25) is 5.91 Å². The number of hydrogen-bond donors (Lipinski definition) is 2. The Bertz CT molecular complexity index is 549. The molecule has 6 nitrogen and oxygen atoms in total. The third-order valence-electron chi connectivity index (χ3n) is 4.77. The van der Waals surface area contributed by atoms with Crippen LogP contribution >= 0.6 is 0 Å². The average molecular weight is 332 g/mol. The average Bonchev–Trinajstić information content (AvgIpc) is 3.09. The van der Waals surface area contributed by atoms with Gasteiger partial charge in [-0.2, -0.15) is 0 Å². The number of nitrogens with one attached hydrogen (secondary N) is 2. The molecule has 2 rings (SSSR count). The Morgan fingerprint density at radius 3 is 2.67 bits per heavy atom. The number of benzene rings is 1. The molecule has 1 saturated heterocycles. The van der Waals surface area contributed by atoms with Crippen molar-refractivity contribution in [1.82, 2.24) is 20.4 Å². The lowest BCUT2D eigenvalue weighted by molar-refractivity contribution is -0.121. The normalized spacial score (nSPS) is 19.2. The van der Waals surface area contributed by atoms with Gasteiger partial charge in [-0.15, -0.1) is 0 Å². The van der Waals surface area contributed by atoms with Crippen LogP contribution < -0.4 is 10.6 Å². The topological polar surface area (TPSA) is 64.7 Å². The summed E-state index contributed by atoms with van der Waals surface area (Å²) in [4.78, 5) is 27.8. The molecule has 6 heteroatoms. The number of urea groups is 1. The molecule has 1 heterocycles. The standard InChI is InChI=1S/C18H28N4O2/c1-4-21(13-17(23)20-18(24)19-3)16-10-11-22(12-16)14(2)15-8-6-5-7-9-15/h5-9,14,16H,4,10-13H2,1-3H3,(H2,19,20,23,24). The van der Waals surface area contributed by atoms with Gasteiger partial charge in [-0.1, -0.05) is 37.3 Å². The van der Waals surface area contributed by atoms with Crippen LogP contribution in [0.3, 0.4) is 0 Å². The molecule has 2 unspecified atom stereocenters. The molecular weight excluding hydrogens is 304 g/mol. The number of hydrogen-bond acceptors (Lipinski definition) is 4. The van der Waals surface area contributed by atoms with Crippen LogP contribution in [0.15, 0.2) is 30.3 Å². The van der Waals surface area contributed by atoms with E-state index in [2.05, 4.69) is 58.5 Å². The van der Waals surface area contributed by atoms with E-state index in [4.69, 9.17) is 0 Å². The Morgan fingerprint density at radius 1 is 1.33 bits per heavy atom. The molecule has 0 bridgehead atoms. The summed E-state index contributed by atoms with van der Waals surface area (Å²) in [5, 5.41) is 4.73. The molecule has 132 valence electrons. The molecule has 0 radical (unpaired) electrons. The fourth-order valence-electron chi connectivity index (χ4n) is 3.27. The van der Waals surface area contributed by atoms with Crippen LogP contribution in [-0.4, -0.2) is 61.0 Å². The summed E-state index contributed by atoms with van der Waals surface area (Å²) in [5.41, 5.74) is 1.32. The zero-order chi connectivity index (χ0) is 17.5. The number of rotatable bonds is 6. The van der Waals surface area contributed by atoms with E-state index in [9.17, 15) is 9.59 Å². The molecule has 1 aliphatic heterocycles. The molecule has 0 saturated carbocycles. The first-order chi connectivity index (χ1) is 11.5. The van der Waals surface area contributed by atoms with E-state index in [-0.39, 0.29) is 12.5 Å². The van der Waals surface area contributed by atoms with Crippen LogP contribution in [0.1, 0.15) is 31.9 Å². The largest absolute Gasteiger partial charge is 0.341 e. The molecular formula is C18H28N4O2. The number of imide groups is 1. The van der Waals surface area contributed by atoms with Crippen molar-refractivity contribution < 1.29 is 9.59 Å². The van der Waals surface area contributed by atoms with Crippen molar-refractivity contribution in [3.63, 3.8) is 0 Å². The van der Waals surface area contributed by atoms with Gasteiger partial charge in [-0.3, -0.25) is 19.9 Å². The van der Waals surface area contributed by atoms with Gasteiger partial charge in [0, 0.05) is 32.2 Å². The second-order valence-corrected chi connectivity index (χ2v) is 6.21. The highest BCUT2D eigenvalue weighted by Crippen LogP contribution is 2.26. The summed E-state index contributed by atoms with van der Waals surface area (Å²) >= 11 is 0. The van der Waals surface area contributed by atoms with Crippen LogP contribution in [-0.2, 0) is 4.79 Å². The van der Waals surface area contributed by atoms with Crippen LogP contribution in [0, 0.1) is 0 Å². The van der Waals surface area contributed by atoms with E-state index in [1.54, 1.807) is 0 Å². The van der Waals surface area contributed by atoms with Crippen molar-refractivity contribution >= 4 is 11.9 Å². The van der Waals surface area contributed by atoms with Crippen molar-refractivity contribution in [1.29, 1.82) is 0 Å². The van der Waals surface area contributed by atoms with Crippen LogP contribution in [0.5, 0.6) is 0 Å². The Hall–Kier alpha value is -1.92. The highest BCUT2D eigenvalue weighted by atomic mass is 16.2. The number of amides is 3. The van der Waals surface area contributed by atoms with E-state index in [1.807, 2.05) is 6.07 Å². The molecule has 0 aromatic heterocycles. The van der Waals surface area contributed by atoms with Crippen molar-refractivity contribution in [3.05, 3.63) is 35.9 Å². The Kier molecular flexibility index (Phi) is 6.75. The smallest absolute Gasteiger partial charge is 0.321 e. The first-order valence-corrected chi connectivity index (χ1v) is 8.59. The lowest BCUT2D eigenvalue weighted by atomic mass is 10.1. The summed E-state index contributed by atoms with van der Waals surface area (Å²) in [6, 6.07) is 10.8. The third-order valence-corrected chi connectivity index (χ3v) is 4.77. The number of carbonyl (C=O) groups is 2. The first-order valence-electron chi connectivity index (χ1n) is 8.59. The molecule has 2 N–H and O–H groups in total. The molecule has 1 fully saturated rings. The minimum atomic E-state index is -0.457. The lowest BCUT2D eigenvalue weighted by Crippen LogP contribution is -2.47. The maximum atomic E-state index is 11.9. The van der Waals surface area contributed by atoms with E-state index in [0.717, 1.165) is 26.1 Å². The Labute approximate surface area is 144 Å². The molecule has 24 heavy (non-hydrogen) atoms. The monoisotopic (exact) mass is 332 g/mol. The van der Waals surface area contributed by atoms with Gasteiger partial charge in [-0.05, 0) is 25.5 Å². The predicted molar refractivity (Wildman–Crippen MR) is 94.7 cm³/mol. The third kappa shape index (κ3) is 4.79. The second-order valence-electron chi connectivity index (χ2n) is 6.21. The van der Waals surface area contributed by atoms with E-state index < -0.39 is 6.03 Å². The van der Waals surface area contributed by atoms with Crippen molar-refractivity contribution in [3.8, 4) is 0 Å². The van der Waals surface area contributed by atoms with Gasteiger partial charge < -0.3 is 5.32 Å². The van der Waals surface area contributed by atoms with Gasteiger partial charge in [0.05, 0.1) is 6.54 Å². The van der Waals surface area contributed by atoms with E-state index >= 15 is 0 Å². The van der Waals surface area contributed by atoms with Crippen molar-refractivity contribution in [2.45, 2.75) is 32.4 Å². The quantitative estimate of drug-likeness (QED) is 0.830. The summed E-state index contributed by atoms with van der Waals surface area (Å²) in [5.74, 6) is -0.259. The minimum Gasteiger partial charge on any atom is -0.341 e. The zero-order valence-electron chi connectivity index (χ0n) is 14.8. The molecule has 3 amide bonds. The zero-order valence-corrected chi connectivity index (χ0v) is 14.8. The SMILES string of the molecule is CCN(CC(=O)NC(=O)NC)C1CCN(C(C)c2ccccc2)C1. The molecule has 2 atom stereocenters. The second kappa shape index (κ2) is 8.80. The number of likely N-dealkylation sites (N-methyl/N-ethyl adjacent to an activating group) is 1. The lowest BCUT2D eigenvalue weighted by Gasteiger charge is -2.29. The summed E-state index contributed by atoms with van der Waals surface area (Å²) in [7, 11) is 1.50. The molecule has 1 aromatic rings. The number of nitrogens with zero attached hydrogens (tertiary/aromatic N) is 2. The summed E-state index contributed by atoms with van der Waals surface area (Å²) in [6.07, 6.45) is 1.04. The maximum absolute atomic E-state index is 11.9. The highest BCUT2D eigenvalue weighted by Gasteiger charge is 2.30. The van der Waals surface area contributed by atoms with Gasteiger partial charge in [0.15, 0.2) is 0 Å². The minimum absolute atomic E-state index is 0.252. The fourth-order valence-corrected chi connectivity index (χ4v) is 3.27. The first kappa shape index (κ1) is 18.4. The molecule has 0 spiro atoms. The summed E-state index contributed by atoms with van der Waals surface area (Å²) in [6.45, 7) is 7.29. The molecule has 1 aliphatic rings. The van der Waals surface area contributed by atoms with Gasteiger partial charge in [0.1, 0.15) is 0 Å². The van der Waals surface area contributed by atoms with Gasteiger partial charge >= 0.3 is 6.03 Å². The van der Waals surface area contributed by atoms with Gasteiger partial charge in [0.25, 0.3) is 0 Å². The Morgan fingerprint density at radius 2 is 2.04 bits per heavy atom. The highest BCUT2D eigenvalue weighted by molar-refractivity contribution is 5.95. The molecule has 0 aliphatic carbocycles. The fraction of sp³-hybridized carbons (Fsp3) is 0.556. The van der Waals surface area contributed by atoms with Crippen LogP contribution in [0.4, 0.5) is 4.79 Å². The van der Waals surface area contributed by atoms with Crippen molar-refractivity contribution in [2.24, 2.45) is 0 Å². The Balaban J connectivity index is 1.90. The number of carbonyl (C=O) groups excluding carboxylic acids is 2. The predicted octanol–water partition coefficient (Wildman–Crippen LogP) is 1.60. The van der Waals surface area contributed by atoms with E-state index in [0.29, 0.717) is 12.1 Å².